The Kier molecular flexibility index (Phi) is 4.81. The molecule has 0 saturated carbocycles. The van der Waals surface area contributed by atoms with Gasteiger partial charge in [0.05, 0.1) is 17.9 Å². The smallest absolute Gasteiger partial charge is 0.337 e. The number of urea groups is 1. The van der Waals surface area contributed by atoms with Gasteiger partial charge in [0.15, 0.2) is 0 Å². The van der Waals surface area contributed by atoms with Crippen LogP contribution in [0.1, 0.15) is 16.8 Å². The number of amides is 2. The summed E-state index contributed by atoms with van der Waals surface area (Å²) in [4.78, 5) is 24.9. The van der Waals surface area contributed by atoms with E-state index in [0.717, 1.165) is 6.42 Å². The minimum absolute atomic E-state index is 0.0306. The maximum absolute atomic E-state index is 12.1. The fourth-order valence-corrected chi connectivity index (χ4v) is 2.12. The largest absolute Gasteiger partial charge is 0.478 e. The maximum atomic E-state index is 12.1. The molecule has 2 N–H and O–H groups in total. The molecule has 1 aromatic rings. The van der Waals surface area contributed by atoms with Crippen LogP contribution in [0.15, 0.2) is 18.2 Å². The number of hydrogen-bond acceptors (Lipinski definition) is 3. The molecule has 1 heterocycles. The standard InChI is InChI=1S/C13H15ClN2O4/c14-9-2-3-11(10(8-9)12(17)18)15-13(19)16-4-1-6-20-7-5-16/h2-3,8H,1,4-7H2,(H,15,19)(H,17,18). The molecule has 2 amide bonds. The van der Waals surface area contributed by atoms with Crippen molar-refractivity contribution in [3.05, 3.63) is 28.8 Å². The van der Waals surface area contributed by atoms with Crippen LogP contribution in [0.2, 0.25) is 5.02 Å². The molecule has 0 bridgehead atoms. The van der Waals surface area contributed by atoms with E-state index < -0.39 is 5.97 Å². The van der Waals surface area contributed by atoms with Crippen LogP contribution in [0, 0.1) is 0 Å². The lowest BCUT2D eigenvalue weighted by Gasteiger charge is -2.20. The van der Waals surface area contributed by atoms with Gasteiger partial charge in [0, 0.05) is 24.7 Å². The number of carboxylic acid groups (broad SMARTS) is 1. The van der Waals surface area contributed by atoms with Crippen LogP contribution >= 0.6 is 11.6 Å². The number of rotatable bonds is 2. The molecule has 0 radical (unpaired) electrons. The van der Waals surface area contributed by atoms with Crippen molar-refractivity contribution < 1.29 is 19.4 Å². The van der Waals surface area contributed by atoms with E-state index in [2.05, 4.69) is 5.32 Å². The van der Waals surface area contributed by atoms with Gasteiger partial charge in [-0.1, -0.05) is 11.6 Å². The number of halogens is 1. The number of carboxylic acids is 1. The zero-order valence-corrected chi connectivity index (χ0v) is 11.5. The molecule has 0 aliphatic carbocycles. The number of aromatic carboxylic acids is 1. The molecular weight excluding hydrogens is 284 g/mol. The molecule has 1 aliphatic rings. The fourth-order valence-electron chi connectivity index (χ4n) is 1.95. The third-order valence-corrected chi connectivity index (χ3v) is 3.20. The molecule has 6 nitrogen and oxygen atoms in total. The third-order valence-electron chi connectivity index (χ3n) is 2.96. The number of carbonyl (C=O) groups excluding carboxylic acids is 1. The number of anilines is 1. The predicted octanol–water partition coefficient (Wildman–Crippen LogP) is 2.29. The zero-order valence-electron chi connectivity index (χ0n) is 10.8. The van der Waals surface area contributed by atoms with Gasteiger partial charge >= 0.3 is 12.0 Å². The SMILES string of the molecule is O=C(O)c1cc(Cl)ccc1NC(=O)N1CCCOCC1. The topological polar surface area (TPSA) is 78.9 Å². The normalized spacial score (nSPS) is 15.6. The first-order valence-corrected chi connectivity index (χ1v) is 6.62. The Balaban J connectivity index is 2.12. The van der Waals surface area contributed by atoms with Gasteiger partial charge in [0.2, 0.25) is 0 Å². The van der Waals surface area contributed by atoms with Crippen LogP contribution in [-0.4, -0.2) is 48.3 Å². The number of ether oxygens (including phenoxy) is 1. The van der Waals surface area contributed by atoms with E-state index in [0.29, 0.717) is 31.3 Å². The van der Waals surface area contributed by atoms with Crippen LogP contribution in [0.3, 0.4) is 0 Å². The fraction of sp³-hybridized carbons (Fsp3) is 0.385. The van der Waals surface area contributed by atoms with Crippen molar-refractivity contribution in [3.63, 3.8) is 0 Å². The molecule has 0 atom stereocenters. The Bertz CT molecular complexity index is 513. The third kappa shape index (κ3) is 3.61. The molecule has 1 aromatic carbocycles. The van der Waals surface area contributed by atoms with E-state index in [-0.39, 0.29) is 17.3 Å². The molecule has 1 saturated heterocycles. The van der Waals surface area contributed by atoms with Crippen molar-refractivity contribution in [2.75, 3.05) is 31.6 Å². The summed E-state index contributed by atoms with van der Waals surface area (Å²) >= 11 is 5.76. The van der Waals surface area contributed by atoms with E-state index in [1.165, 1.54) is 18.2 Å². The number of nitrogens with zero attached hydrogens (tertiary/aromatic N) is 1. The number of hydrogen-bond donors (Lipinski definition) is 2. The van der Waals surface area contributed by atoms with Gasteiger partial charge in [-0.05, 0) is 24.6 Å². The first-order chi connectivity index (χ1) is 9.58. The highest BCUT2D eigenvalue weighted by Gasteiger charge is 2.18. The Morgan fingerprint density at radius 3 is 2.85 bits per heavy atom. The summed E-state index contributed by atoms with van der Waals surface area (Å²) in [5.74, 6) is -1.14. The van der Waals surface area contributed by atoms with Gasteiger partial charge in [0.25, 0.3) is 0 Å². The van der Waals surface area contributed by atoms with Gasteiger partial charge in [0.1, 0.15) is 0 Å². The molecule has 1 aliphatic heterocycles. The average molecular weight is 299 g/mol. The van der Waals surface area contributed by atoms with Crippen LogP contribution in [0.25, 0.3) is 0 Å². The first kappa shape index (κ1) is 14.6. The highest BCUT2D eigenvalue weighted by molar-refractivity contribution is 6.31. The van der Waals surface area contributed by atoms with Crippen molar-refractivity contribution in [1.29, 1.82) is 0 Å². The van der Waals surface area contributed by atoms with Gasteiger partial charge in [-0.3, -0.25) is 0 Å². The van der Waals surface area contributed by atoms with Crippen molar-refractivity contribution in [3.8, 4) is 0 Å². The molecule has 1 fully saturated rings. The highest BCUT2D eigenvalue weighted by Crippen LogP contribution is 2.21. The van der Waals surface area contributed by atoms with Crippen molar-refractivity contribution in [1.82, 2.24) is 4.90 Å². The van der Waals surface area contributed by atoms with Crippen LogP contribution in [-0.2, 0) is 4.74 Å². The van der Waals surface area contributed by atoms with E-state index >= 15 is 0 Å². The summed E-state index contributed by atoms with van der Waals surface area (Å²) in [6, 6.07) is 4.00. The molecule has 0 spiro atoms. The lowest BCUT2D eigenvalue weighted by Crippen LogP contribution is -2.37. The summed E-state index contributed by atoms with van der Waals surface area (Å²) < 4.78 is 5.27. The highest BCUT2D eigenvalue weighted by atomic mass is 35.5. The lowest BCUT2D eigenvalue weighted by molar-refractivity contribution is 0.0698. The summed E-state index contributed by atoms with van der Waals surface area (Å²) in [5, 5.41) is 12.0. The molecule has 20 heavy (non-hydrogen) atoms. The summed E-state index contributed by atoms with van der Waals surface area (Å²) in [6.07, 6.45) is 0.764. The second-order valence-electron chi connectivity index (χ2n) is 4.38. The van der Waals surface area contributed by atoms with Gasteiger partial charge in [-0.25, -0.2) is 9.59 Å². The van der Waals surface area contributed by atoms with Crippen molar-refractivity contribution in [2.45, 2.75) is 6.42 Å². The van der Waals surface area contributed by atoms with E-state index in [9.17, 15) is 9.59 Å². The van der Waals surface area contributed by atoms with Crippen LogP contribution in [0.4, 0.5) is 10.5 Å². The summed E-state index contributed by atoms with van der Waals surface area (Å²) in [6.45, 7) is 2.19. The van der Waals surface area contributed by atoms with Gasteiger partial charge < -0.3 is 20.1 Å². The van der Waals surface area contributed by atoms with Crippen molar-refractivity contribution in [2.24, 2.45) is 0 Å². The molecule has 7 heteroatoms. The number of nitrogens with one attached hydrogen (secondary N) is 1. The minimum atomic E-state index is -1.14. The van der Waals surface area contributed by atoms with E-state index in [4.69, 9.17) is 21.4 Å². The molecule has 2 rings (SSSR count). The summed E-state index contributed by atoms with van der Waals surface area (Å²) in [7, 11) is 0. The Labute approximate surface area is 121 Å². The monoisotopic (exact) mass is 298 g/mol. The van der Waals surface area contributed by atoms with Gasteiger partial charge in [-0.2, -0.15) is 0 Å². The Hall–Kier alpha value is -1.79. The number of benzene rings is 1. The van der Waals surface area contributed by atoms with Crippen molar-refractivity contribution >= 4 is 29.3 Å². The van der Waals surface area contributed by atoms with Gasteiger partial charge in [-0.15, -0.1) is 0 Å². The first-order valence-electron chi connectivity index (χ1n) is 6.24. The molecular formula is C13H15ClN2O4. The zero-order chi connectivity index (χ0) is 14.5. The molecule has 0 unspecified atom stereocenters. The lowest BCUT2D eigenvalue weighted by atomic mass is 10.2. The maximum Gasteiger partial charge on any atom is 0.337 e. The number of carbonyl (C=O) groups is 2. The summed E-state index contributed by atoms with van der Waals surface area (Å²) in [5.41, 5.74) is 0.203. The molecule has 0 aromatic heterocycles. The minimum Gasteiger partial charge on any atom is -0.478 e. The second-order valence-corrected chi connectivity index (χ2v) is 4.81. The average Bonchev–Trinajstić information content (AvgIpc) is 2.69. The second kappa shape index (κ2) is 6.58. The quantitative estimate of drug-likeness (QED) is 0.878. The Morgan fingerprint density at radius 2 is 2.10 bits per heavy atom. The predicted molar refractivity (Wildman–Crippen MR) is 74.4 cm³/mol. The van der Waals surface area contributed by atoms with Crippen LogP contribution in [0.5, 0.6) is 0 Å². The van der Waals surface area contributed by atoms with E-state index in [1.807, 2.05) is 0 Å². The van der Waals surface area contributed by atoms with Crippen LogP contribution < -0.4 is 5.32 Å². The molecule has 108 valence electrons. The van der Waals surface area contributed by atoms with E-state index in [1.54, 1.807) is 4.90 Å². The Morgan fingerprint density at radius 1 is 1.30 bits per heavy atom.